The highest BCUT2D eigenvalue weighted by atomic mass is 16.3. The van der Waals surface area contributed by atoms with Gasteiger partial charge in [-0.15, -0.1) is 0 Å². The predicted molar refractivity (Wildman–Crippen MR) is 83.4 cm³/mol. The molecule has 0 aromatic carbocycles. The summed E-state index contributed by atoms with van der Waals surface area (Å²) in [5.41, 5.74) is 1.74. The molecule has 2 heterocycles. The summed E-state index contributed by atoms with van der Waals surface area (Å²) in [4.78, 5) is 14.4. The molecule has 5 heteroatoms. The normalized spacial score (nSPS) is 19.7. The summed E-state index contributed by atoms with van der Waals surface area (Å²) in [7, 11) is 1.94. The molecule has 0 saturated carbocycles. The van der Waals surface area contributed by atoms with Crippen LogP contribution < -0.4 is 5.32 Å². The number of aliphatic hydroxyl groups is 1. The van der Waals surface area contributed by atoms with Crippen molar-refractivity contribution in [3.63, 3.8) is 0 Å². The standard InChI is InChI=1S/C16H27N3O2/c1-13-15(7-11-18(13)2)16(21)17-8-5-10-19-9-4-3-6-14(19)12-20/h7,11,14,20H,3-6,8-10,12H2,1-2H3,(H,17,21)/t14-/m1/s1. The van der Waals surface area contributed by atoms with Gasteiger partial charge in [-0.05, 0) is 38.8 Å². The Morgan fingerprint density at radius 3 is 2.95 bits per heavy atom. The molecule has 1 aliphatic heterocycles. The molecule has 0 bridgehead atoms. The van der Waals surface area contributed by atoms with Crippen LogP contribution in [0.25, 0.3) is 0 Å². The first kappa shape index (κ1) is 16.0. The van der Waals surface area contributed by atoms with Gasteiger partial charge in [-0.1, -0.05) is 6.42 Å². The van der Waals surface area contributed by atoms with Crippen molar-refractivity contribution in [2.75, 3.05) is 26.2 Å². The Balaban J connectivity index is 1.72. The number of aliphatic hydroxyl groups excluding tert-OH is 1. The van der Waals surface area contributed by atoms with E-state index in [1.54, 1.807) is 0 Å². The van der Waals surface area contributed by atoms with E-state index in [1.165, 1.54) is 12.8 Å². The number of aryl methyl sites for hydroxylation is 1. The van der Waals surface area contributed by atoms with Gasteiger partial charge in [-0.2, -0.15) is 0 Å². The van der Waals surface area contributed by atoms with Crippen LogP contribution in [0.1, 0.15) is 41.7 Å². The van der Waals surface area contributed by atoms with Crippen molar-refractivity contribution in [2.45, 2.75) is 38.6 Å². The third-order valence-electron chi connectivity index (χ3n) is 4.50. The van der Waals surface area contributed by atoms with E-state index in [-0.39, 0.29) is 12.5 Å². The Kier molecular flexibility index (Phi) is 5.82. The number of nitrogens with one attached hydrogen (secondary N) is 1. The maximum atomic E-state index is 12.1. The smallest absolute Gasteiger partial charge is 0.253 e. The highest BCUT2D eigenvalue weighted by Crippen LogP contribution is 2.16. The molecule has 21 heavy (non-hydrogen) atoms. The highest BCUT2D eigenvalue weighted by molar-refractivity contribution is 5.95. The van der Waals surface area contributed by atoms with Crippen molar-refractivity contribution >= 4 is 5.91 Å². The minimum Gasteiger partial charge on any atom is -0.395 e. The number of amides is 1. The minimum atomic E-state index is 0.00505. The number of likely N-dealkylation sites (tertiary alicyclic amines) is 1. The van der Waals surface area contributed by atoms with E-state index < -0.39 is 0 Å². The van der Waals surface area contributed by atoms with Gasteiger partial charge in [0.1, 0.15) is 0 Å². The van der Waals surface area contributed by atoms with Gasteiger partial charge in [-0.25, -0.2) is 0 Å². The summed E-state index contributed by atoms with van der Waals surface area (Å²) < 4.78 is 1.95. The first-order valence-electron chi connectivity index (χ1n) is 7.88. The summed E-state index contributed by atoms with van der Waals surface area (Å²) in [6.07, 6.45) is 6.35. The lowest BCUT2D eigenvalue weighted by atomic mass is 10.0. The fraction of sp³-hybridized carbons (Fsp3) is 0.688. The molecule has 2 N–H and O–H groups in total. The molecule has 1 aromatic heterocycles. The van der Waals surface area contributed by atoms with Gasteiger partial charge in [0, 0.05) is 38.1 Å². The van der Waals surface area contributed by atoms with E-state index in [4.69, 9.17) is 0 Å². The molecule has 0 spiro atoms. The number of carbonyl (C=O) groups excluding carboxylic acids is 1. The number of rotatable bonds is 6. The van der Waals surface area contributed by atoms with Crippen molar-refractivity contribution in [1.82, 2.24) is 14.8 Å². The van der Waals surface area contributed by atoms with Gasteiger partial charge in [0.15, 0.2) is 0 Å². The Labute approximate surface area is 126 Å². The second-order valence-corrected chi connectivity index (χ2v) is 5.90. The van der Waals surface area contributed by atoms with Gasteiger partial charge in [-0.3, -0.25) is 9.69 Å². The highest BCUT2D eigenvalue weighted by Gasteiger charge is 2.20. The van der Waals surface area contributed by atoms with Crippen molar-refractivity contribution in [3.8, 4) is 0 Å². The minimum absolute atomic E-state index is 0.00505. The molecule has 1 saturated heterocycles. The fourth-order valence-corrected chi connectivity index (χ4v) is 2.99. The summed E-state index contributed by atoms with van der Waals surface area (Å²) in [6, 6.07) is 2.17. The zero-order chi connectivity index (χ0) is 15.2. The maximum absolute atomic E-state index is 12.1. The Morgan fingerprint density at radius 2 is 2.29 bits per heavy atom. The molecular weight excluding hydrogens is 266 g/mol. The number of nitrogens with zero attached hydrogens (tertiary/aromatic N) is 2. The second-order valence-electron chi connectivity index (χ2n) is 5.90. The van der Waals surface area contributed by atoms with Gasteiger partial charge in [0.2, 0.25) is 0 Å². The molecule has 1 aromatic rings. The van der Waals surface area contributed by atoms with E-state index in [9.17, 15) is 9.90 Å². The van der Waals surface area contributed by atoms with Crippen LogP contribution in [0.5, 0.6) is 0 Å². The van der Waals surface area contributed by atoms with Crippen molar-refractivity contribution in [3.05, 3.63) is 23.5 Å². The van der Waals surface area contributed by atoms with Crippen LogP contribution in [0.15, 0.2) is 12.3 Å². The van der Waals surface area contributed by atoms with Crippen molar-refractivity contribution < 1.29 is 9.90 Å². The third kappa shape index (κ3) is 4.08. The monoisotopic (exact) mass is 293 g/mol. The topological polar surface area (TPSA) is 57.5 Å². The number of piperidine rings is 1. The summed E-state index contributed by atoms with van der Waals surface area (Å²) in [5.74, 6) is 0.00505. The van der Waals surface area contributed by atoms with Crippen LogP contribution in [0.2, 0.25) is 0 Å². The van der Waals surface area contributed by atoms with E-state index in [0.29, 0.717) is 12.6 Å². The van der Waals surface area contributed by atoms with Crippen molar-refractivity contribution in [1.29, 1.82) is 0 Å². The number of aromatic nitrogens is 1. The lowest BCUT2D eigenvalue weighted by Gasteiger charge is -2.34. The van der Waals surface area contributed by atoms with E-state index in [0.717, 1.165) is 37.2 Å². The molecule has 0 unspecified atom stereocenters. The molecule has 1 aliphatic rings. The predicted octanol–water partition coefficient (Wildman–Crippen LogP) is 1.30. The van der Waals surface area contributed by atoms with Crippen LogP contribution in [0.4, 0.5) is 0 Å². The van der Waals surface area contributed by atoms with Gasteiger partial charge < -0.3 is 15.0 Å². The van der Waals surface area contributed by atoms with E-state index in [2.05, 4.69) is 10.2 Å². The average molecular weight is 293 g/mol. The van der Waals surface area contributed by atoms with Crippen LogP contribution in [0, 0.1) is 6.92 Å². The molecule has 0 aliphatic carbocycles. The average Bonchev–Trinajstić information content (AvgIpc) is 2.83. The first-order chi connectivity index (χ1) is 10.1. The molecule has 5 nitrogen and oxygen atoms in total. The molecule has 0 radical (unpaired) electrons. The summed E-state index contributed by atoms with van der Waals surface area (Å²) >= 11 is 0. The summed E-state index contributed by atoms with van der Waals surface area (Å²) in [6.45, 7) is 4.89. The molecule has 2 rings (SSSR count). The first-order valence-corrected chi connectivity index (χ1v) is 7.88. The molecule has 1 fully saturated rings. The lowest BCUT2D eigenvalue weighted by Crippen LogP contribution is -2.43. The Bertz CT molecular complexity index is 470. The number of carbonyl (C=O) groups is 1. The lowest BCUT2D eigenvalue weighted by molar-refractivity contribution is 0.0868. The number of hydrogen-bond donors (Lipinski definition) is 2. The van der Waals surface area contributed by atoms with Crippen LogP contribution in [-0.4, -0.2) is 52.8 Å². The van der Waals surface area contributed by atoms with Crippen LogP contribution in [0.3, 0.4) is 0 Å². The van der Waals surface area contributed by atoms with Gasteiger partial charge in [0.25, 0.3) is 5.91 Å². The second kappa shape index (κ2) is 7.61. The third-order valence-corrected chi connectivity index (χ3v) is 4.50. The van der Waals surface area contributed by atoms with Gasteiger partial charge >= 0.3 is 0 Å². The SMILES string of the molecule is Cc1c(C(=O)NCCCN2CCCC[C@@H]2CO)ccn1C. The summed E-state index contributed by atoms with van der Waals surface area (Å²) in [5, 5.41) is 12.4. The molecule has 118 valence electrons. The van der Waals surface area contributed by atoms with E-state index in [1.807, 2.05) is 30.8 Å². The largest absolute Gasteiger partial charge is 0.395 e. The molecule has 1 atom stereocenters. The molecular formula is C16H27N3O2. The zero-order valence-corrected chi connectivity index (χ0v) is 13.1. The van der Waals surface area contributed by atoms with Crippen LogP contribution >= 0.6 is 0 Å². The maximum Gasteiger partial charge on any atom is 0.253 e. The van der Waals surface area contributed by atoms with Gasteiger partial charge in [0.05, 0.1) is 12.2 Å². The zero-order valence-electron chi connectivity index (χ0n) is 13.1. The Hall–Kier alpha value is -1.33. The Morgan fingerprint density at radius 1 is 1.48 bits per heavy atom. The number of hydrogen-bond acceptors (Lipinski definition) is 3. The quantitative estimate of drug-likeness (QED) is 0.777. The van der Waals surface area contributed by atoms with E-state index >= 15 is 0 Å². The van der Waals surface area contributed by atoms with Crippen molar-refractivity contribution in [2.24, 2.45) is 7.05 Å². The molecule has 1 amide bonds. The van der Waals surface area contributed by atoms with Crippen LogP contribution in [-0.2, 0) is 7.05 Å². The fourth-order valence-electron chi connectivity index (χ4n) is 2.99.